The zero-order valence-electron chi connectivity index (χ0n) is 15.8. The lowest BCUT2D eigenvalue weighted by Crippen LogP contribution is -2.31. The van der Waals surface area contributed by atoms with Crippen LogP contribution in [0.15, 0.2) is 54.5 Å². The molecule has 0 N–H and O–H groups in total. The Bertz CT molecular complexity index is 984. The van der Waals surface area contributed by atoms with Crippen LogP contribution in [-0.4, -0.2) is 33.2 Å². The van der Waals surface area contributed by atoms with Gasteiger partial charge in [-0.2, -0.15) is 0 Å². The Hall–Kier alpha value is -2.38. The molecule has 0 radical (unpaired) electrons. The summed E-state index contributed by atoms with van der Waals surface area (Å²) >= 11 is 3.21. The molecule has 0 atom stereocenters. The molecule has 1 aromatic carbocycles. The molecule has 0 fully saturated rings. The Morgan fingerprint density at radius 1 is 1.39 bits per heavy atom. The van der Waals surface area contributed by atoms with E-state index in [9.17, 15) is 4.79 Å². The number of carbonyl (C=O) groups excluding carboxylic acids is 1. The van der Waals surface area contributed by atoms with E-state index in [1.165, 1.54) is 17.7 Å². The van der Waals surface area contributed by atoms with Crippen LogP contribution < -0.4 is 4.90 Å². The van der Waals surface area contributed by atoms with Gasteiger partial charge in [0.05, 0.1) is 5.69 Å². The van der Waals surface area contributed by atoms with Gasteiger partial charge in [-0.1, -0.05) is 23.9 Å². The number of amides is 1. The van der Waals surface area contributed by atoms with Gasteiger partial charge in [0.15, 0.2) is 10.3 Å². The van der Waals surface area contributed by atoms with E-state index in [1.807, 2.05) is 41.3 Å². The van der Waals surface area contributed by atoms with Crippen molar-refractivity contribution < 1.29 is 4.79 Å². The fraction of sp³-hybridized carbons (Fsp3) is 0.286. The van der Waals surface area contributed by atoms with Gasteiger partial charge in [0.25, 0.3) is 5.91 Å². The van der Waals surface area contributed by atoms with Crippen LogP contribution in [-0.2, 0) is 12.8 Å². The van der Waals surface area contributed by atoms with Crippen molar-refractivity contribution in [1.82, 2.24) is 14.5 Å². The molecule has 2 aromatic heterocycles. The zero-order valence-corrected chi connectivity index (χ0v) is 17.4. The van der Waals surface area contributed by atoms with Gasteiger partial charge in [0.1, 0.15) is 0 Å². The van der Waals surface area contributed by atoms with Crippen LogP contribution in [0.5, 0.6) is 0 Å². The van der Waals surface area contributed by atoms with Crippen molar-refractivity contribution in [2.24, 2.45) is 0 Å². The molecule has 0 bridgehead atoms. The second-order valence-corrected chi connectivity index (χ2v) is 8.45. The Morgan fingerprint density at radius 2 is 2.25 bits per heavy atom. The number of rotatable bonds is 6. The molecule has 7 heteroatoms. The predicted molar refractivity (Wildman–Crippen MR) is 116 cm³/mol. The summed E-state index contributed by atoms with van der Waals surface area (Å²) in [6.07, 6.45) is 11.9. The standard InChI is InChI=1S/C21H22N4OS2/c1-3-12-25(21-23-17-9-4-5-10-18(17)28-21)19(26)15-7-6-8-16(14-15)24-13-11-22-20(24)27-2/h3,6-8,11,13-14H,1,4-5,9-10,12H2,2H3. The van der Waals surface area contributed by atoms with E-state index in [0.717, 1.165) is 34.5 Å². The van der Waals surface area contributed by atoms with Gasteiger partial charge in [-0.25, -0.2) is 9.97 Å². The van der Waals surface area contributed by atoms with Gasteiger partial charge < -0.3 is 0 Å². The first-order valence-corrected chi connectivity index (χ1v) is 11.3. The van der Waals surface area contributed by atoms with Crippen molar-refractivity contribution in [2.45, 2.75) is 30.8 Å². The van der Waals surface area contributed by atoms with Crippen LogP contribution in [0.4, 0.5) is 5.13 Å². The van der Waals surface area contributed by atoms with Gasteiger partial charge in [-0.15, -0.1) is 17.9 Å². The van der Waals surface area contributed by atoms with E-state index in [0.29, 0.717) is 12.1 Å². The van der Waals surface area contributed by atoms with E-state index < -0.39 is 0 Å². The minimum atomic E-state index is -0.0568. The molecule has 3 aromatic rings. The van der Waals surface area contributed by atoms with E-state index in [4.69, 9.17) is 4.98 Å². The highest BCUT2D eigenvalue weighted by atomic mass is 32.2. The summed E-state index contributed by atoms with van der Waals surface area (Å²) in [5.74, 6) is -0.0568. The molecule has 0 saturated carbocycles. The molecule has 2 heterocycles. The number of aryl methyl sites for hydroxylation is 2. The number of hydrogen-bond donors (Lipinski definition) is 0. The number of anilines is 1. The third-order valence-electron chi connectivity index (χ3n) is 4.78. The predicted octanol–water partition coefficient (Wildman–Crippen LogP) is 4.76. The number of thioether (sulfide) groups is 1. The maximum absolute atomic E-state index is 13.3. The number of thiazole rings is 1. The Balaban J connectivity index is 1.67. The molecule has 0 aliphatic heterocycles. The Kier molecular flexibility index (Phi) is 5.64. The number of imidazole rings is 1. The summed E-state index contributed by atoms with van der Waals surface area (Å²) in [5.41, 5.74) is 2.71. The molecule has 4 rings (SSSR count). The van der Waals surface area contributed by atoms with E-state index in [-0.39, 0.29) is 5.91 Å². The maximum atomic E-state index is 13.3. The van der Waals surface area contributed by atoms with Crippen LogP contribution in [0.1, 0.15) is 33.8 Å². The first-order chi connectivity index (χ1) is 13.7. The van der Waals surface area contributed by atoms with Crippen LogP contribution in [0.2, 0.25) is 0 Å². The summed E-state index contributed by atoms with van der Waals surface area (Å²) < 4.78 is 1.99. The summed E-state index contributed by atoms with van der Waals surface area (Å²) in [5, 5.41) is 1.66. The summed E-state index contributed by atoms with van der Waals surface area (Å²) in [4.78, 5) is 25.5. The molecule has 28 heavy (non-hydrogen) atoms. The van der Waals surface area contributed by atoms with Crippen molar-refractivity contribution in [3.8, 4) is 5.69 Å². The minimum absolute atomic E-state index is 0.0568. The molecule has 0 saturated heterocycles. The van der Waals surface area contributed by atoms with Crippen molar-refractivity contribution >= 4 is 34.1 Å². The number of fused-ring (bicyclic) bond motifs is 1. The molecule has 0 spiro atoms. The summed E-state index contributed by atoms with van der Waals surface area (Å²) in [6, 6.07) is 7.65. The van der Waals surface area contributed by atoms with Crippen LogP contribution in [0.25, 0.3) is 5.69 Å². The SMILES string of the molecule is C=CCN(C(=O)c1cccc(-n2ccnc2SC)c1)c1nc2c(s1)CCCC2. The number of benzene rings is 1. The third-order valence-corrected chi connectivity index (χ3v) is 6.63. The van der Waals surface area contributed by atoms with Gasteiger partial charge in [-0.05, 0) is 50.1 Å². The van der Waals surface area contributed by atoms with E-state index >= 15 is 0 Å². The summed E-state index contributed by atoms with van der Waals surface area (Å²) in [7, 11) is 0. The highest BCUT2D eigenvalue weighted by Crippen LogP contribution is 2.32. The molecular weight excluding hydrogens is 388 g/mol. The van der Waals surface area contributed by atoms with Crippen molar-refractivity contribution in [3.63, 3.8) is 0 Å². The minimum Gasteiger partial charge on any atom is -0.295 e. The van der Waals surface area contributed by atoms with E-state index in [1.54, 1.807) is 40.3 Å². The second-order valence-electron chi connectivity index (χ2n) is 6.61. The average Bonchev–Trinajstić information content (AvgIpc) is 3.38. The van der Waals surface area contributed by atoms with Crippen molar-refractivity contribution in [3.05, 3.63) is 65.4 Å². The monoisotopic (exact) mass is 410 g/mol. The molecule has 1 aliphatic rings. The number of aromatic nitrogens is 3. The van der Waals surface area contributed by atoms with Crippen LogP contribution in [0.3, 0.4) is 0 Å². The van der Waals surface area contributed by atoms with Crippen LogP contribution >= 0.6 is 23.1 Å². The molecule has 144 valence electrons. The molecule has 5 nitrogen and oxygen atoms in total. The van der Waals surface area contributed by atoms with Gasteiger partial charge >= 0.3 is 0 Å². The smallest absolute Gasteiger partial charge is 0.260 e. The lowest BCUT2D eigenvalue weighted by molar-refractivity contribution is 0.0989. The quantitative estimate of drug-likeness (QED) is 0.434. The lowest BCUT2D eigenvalue weighted by Gasteiger charge is -2.18. The lowest BCUT2D eigenvalue weighted by atomic mass is 10.0. The molecule has 0 unspecified atom stereocenters. The van der Waals surface area contributed by atoms with Gasteiger partial charge in [0, 0.05) is 35.1 Å². The average molecular weight is 411 g/mol. The maximum Gasteiger partial charge on any atom is 0.260 e. The topological polar surface area (TPSA) is 51.0 Å². The summed E-state index contributed by atoms with van der Waals surface area (Å²) in [6.45, 7) is 4.27. The number of nitrogens with zero attached hydrogens (tertiary/aromatic N) is 4. The van der Waals surface area contributed by atoms with Gasteiger partial charge in [0.2, 0.25) is 0 Å². The number of hydrogen-bond acceptors (Lipinski definition) is 5. The van der Waals surface area contributed by atoms with E-state index in [2.05, 4.69) is 11.6 Å². The van der Waals surface area contributed by atoms with Crippen LogP contribution in [0, 0.1) is 0 Å². The van der Waals surface area contributed by atoms with Crippen molar-refractivity contribution in [2.75, 3.05) is 17.7 Å². The first kappa shape index (κ1) is 19.0. The molecule has 1 amide bonds. The largest absolute Gasteiger partial charge is 0.295 e. The highest BCUT2D eigenvalue weighted by molar-refractivity contribution is 7.98. The van der Waals surface area contributed by atoms with Crippen molar-refractivity contribution in [1.29, 1.82) is 0 Å². The second kappa shape index (κ2) is 8.32. The highest BCUT2D eigenvalue weighted by Gasteiger charge is 2.23. The Morgan fingerprint density at radius 3 is 3.04 bits per heavy atom. The molecular formula is C21H22N4OS2. The fourth-order valence-electron chi connectivity index (χ4n) is 3.41. The first-order valence-electron chi connectivity index (χ1n) is 9.30. The Labute approximate surface area is 173 Å². The molecule has 1 aliphatic carbocycles. The fourth-order valence-corrected chi connectivity index (χ4v) is 5.10. The third kappa shape index (κ3) is 3.64. The zero-order chi connectivity index (χ0) is 19.5. The number of carbonyl (C=O) groups is 1. The van der Waals surface area contributed by atoms with Gasteiger partial charge in [-0.3, -0.25) is 14.3 Å². The normalized spacial score (nSPS) is 13.2.